The van der Waals surface area contributed by atoms with Crippen LogP contribution in [0.5, 0.6) is 0 Å². The van der Waals surface area contributed by atoms with Crippen LogP contribution in [0.15, 0.2) is 0 Å². The lowest BCUT2D eigenvalue weighted by Crippen LogP contribution is -2.43. The van der Waals surface area contributed by atoms with Gasteiger partial charge in [-0.3, -0.25) is 9.69 Å². The molecule has 1 heterocycles. The minimum Gasteiger partial charge on any atom is -0.353 e. The van der Waals surface area contributed by atoms with Gasteiger partial charge in [-0.1, -0.05) is 13.3 Å². The summed E-state index contributed by atoms with van der Waals surface area (Å²) in [4.78, 5) is 14.1. The van der Waals surface area contributed by atoms with Crippen LogP contribution in [0.25, 0.3) is 0 Å². The predicted octanol–water partition coefficient (Wildman–Crippen LogP) is 1.63. The van der Waals surface area contributed by atoms with Crippen molar-refractivity contribution in [2.75, 3.05) is 13.6 Å². The van der Waals surface area contributed by atoms with Crippen molar-refractivity contribution < 1.29 is 4.79 Å². The van der Waals surface area contributed by atoms with Gasteiger partial charge in [-0.05, 0) is 39.7 Å². The molecule has 3 nitrogen and oxygen atoms in total. The minimum atomic E-state index is 0.101. The monoisotopic (exact) mass is 212 g/mol. The fourth-order valence-corrected chi connectivity index (χ4v) is 2.41. The maximum absolute atomic E-state index is 11.9. The highest BCUT2D eigenvalue weighted by Crippen LogP contribution is 2.25. The van der Waals surface area contributed by atoms with Gasteiger partial charge in [-0.15, -0.1) is 0 Å². The first-order chi connectivity index (χ1) is 7.04. The summed E-state index contributed by atoms with van der Waals surface area (Å²) >= 11 is 0. The van der Waals surface area contributed by atoms with Gasteiger partial charge in [0.25, 0.3) is 0 Å². The first kappa shape index (κ1) is 12.5. The van der Waals surface area contributed by atoms with E-state index in [0.717, 1.165) is 13.0 Å². The molecular formula is C12H24N2O. The number of likely N-dealkylation sites (N-methyl/N-ethyl adjacent to an activating group) is 1. The molecule has 1 amide bonds. The summed E-state index contributed by atoms with van der Waals surface area (Å²) in [6.07, 6.45) is 3.50. The van der Waals surface area contributed by atoms with Crippen LogP contribution in [0.4, 0.5) is 0 Å². The molecule has 15 heavy (non-hydrogen) atoms. The second-order valence-corrected chi connectivity index (χ2v) is 5.01. The summed E-state index contributed by atoms with van der Waals surface area (Å²) in [6, 6.07) is 0.347. The quantitative estimate of drug-likeness (QED) is 0.768. The van der Waals surface area contributed by atoms with Gasteiger partial charge in [0.05, 0.1) is 6.04 Å². The van der Waals surface area contributed by atoms with Gasteiger partial charge >= 0.3 is 0 Å². The number of hydrogen-bond acceptors (Lipinski definition) is 2. The lowest BCUT2D eigenvalue weighted by Gasteiger charge is -2.19. The van der Waals surface area contributed by atoms with Crippen LogP contribution in [0, 0.1) is 5.92 Å². The molecule has 1 saturated heterocycles. The van der Waals surface area contributed by atoms with Gasteiger partial charge in [0.15, 0.2) is 0 Å². The van der Waals surface area contributed by atoms with E-state index in [9.17, 15) is 4.79 Å². The Hall–Kier alpha value is -0.570. The van der Waals surface area contributed by atoms with Crippen molar-refractivity contribution in [2.24, 2.45) is 5.92 Å². The van der Waals surface area contributed by atoms with Gasteiger partial charge in [0.2, 0.25) is 5.91 Å². The molecule has 1 N–H and O–H groups in total. The molecule has 0 aliphatic carbocycles. The van der Waals surface area contributed by atoms with Gasteiger partial charge in [0, 0.05) is 12.6 Å². The summed E-state index contributed by atoms with van der Waals surface area (Å²) in [5.74, 6) is 0.911. The second kappa shape index (κ2) is 5.50. The van der Waals surface area contributed by atoms with E-state index in [1.165, 1.54) is 12.8 Å². The number of nitrogens with one attached hydrogen (secondary N) is 1. The molecule has 2 atom stereocenters. The van der Waals surface area contributed by atoms with Crippen molar-refractivity contribution in [2.45, 2.75) is 52.1 Å². The average Bonchev–Trinajstić information content (AvgIpc) is 2.46. The third kappa shape index (κ3) is 3.49. The van der Waals surface area contributed by atoms with E-state index in [1.807, 2.05) is 13.8 Å². The zero-order chi connectivity index (χ0) is 11.4. The van der Waals surface area contributed by atoms with Crippen molar-refractivity contribution in [3.8, 4) is 0 Å². The van der Waals surface area contributed by atoms with E-state index >= 15 is 0 Å². The summed E-state index contributed by atoms with van der Waals surface area (Å²) in [7, 11) is 2.06. The van der Waals surface area contributed by atoms with E-state index < -0.39 is 0 Å². The van der Waals surface area contributed by atoms with Gasteiger partial charge in [-0.2, -0.15) is 0 Å². The lowest BCUT2D eigenvalue weighted by atomic mass is 10.00. The zero-order valence-electron chi connectivity index (χ0n) is 10.4. The third-order valence-corrected chi connectivity index (χ3v) is 3.07. The van der Waals surface area contributed by atoms with Gasteiger partial charge < -0.3 is 5.32 Å². The Kier molecular flexibility index (Phi) is 4.58. The van der Waals surface area contributed by atoms with Crippen LogP contribution in [0.1, 0.15) is 40.0 Å². The van der Waals surface area contributed by atoms with E-state index in [-0.39, 0.29) is 18.0 Å². The summed E-state index contributed by atoms with van der Waals surface area (Å²) in [6.45, 7) is 7.30. The SMILES string of the molecule is CCCC1CC(C(=O)NC(C)C)N(C)C1. The van der Waals surface area contributed by atoms with Crippen molar-refractivity contribution in [1.82, 2.24) is 10.2 Å². The molecule has 1 fully saturated rings. The van der Waals surface area contributed by atoms with Crippen LogP contribution < -0.4 is 5.32 Å². The van der Waals surface area contributed by atoms with E-state index in [4.69, 9.17) is 0 Å². The number of hydrogen-bond donors (Lipinski definition) is 1. The fraction of sp³-hybridized carbons (Fsp3) is 0.917. The largest absolute Gasteiger partial charge is 0.353 e. The fourth-order valence-electron chi connectivity index (χ4n) is 2.41. The van der Waals surface area contributed by atoms with Crippen LogP contribution >= 0.6 is 0 Å². The lowest BCUT2D eigenvalue weighted by molar-refractivity contribution is -0.125. The zero-order valence-corrected chi connectivity index (χ0v) is 10.4. The number of carbonyl (C=O) groups excluding carboxylic acids is 1. The van der Waals surface area contributed by atoms with E-state index in [2.05, 4.69) is 24.2 Å². The number of likely N-dealkylation sites (tertiary alicyclic amines) is 1. The number of rotatable bonds is 4. The predicted molar refractivity (Wildman–Crippen MR) is 62.7 cm³/mol. The molecule has 1 aliphatic rings. The second-order valence-electron chi connectivity index (χ2n) is 5.01. The first-order valence-electron chi connectivity index (χ1n) is 6.05. The Labute approximate surface area is 93.2 Å². The summed E-state index contributed by atoms with van der Waals surface area (Å²) < 4.78 is 0. The molecule has 1 rings (SSSR count). The normalized spacial score (nSPS) is 27.3. The Morgan fingerprint density at radius 2 is 2.20 bits per heavy atom. The Balaban J connectivity index is 2.45. The molecule has 88 valence electrons. The molecule has 2 unspecified atom stereocenters. The van der Waals surface area contributed by atoms with Crippen LogP contribution in [0.2, 0.25) is 0 Å². The van der Waals surface area contributed by atoms with Crippen molar-refractivity contribution >= 4 is 5.91 Å². The highest BCUT2D eigenvalue weighted by molar-refractivity contribution is 5.82. The Morgan fingerprint density at radius 3 is 2.73 bits per heavy atom. The Bertz CT molecular complexity index is 216. The first-order valence-corrected chi connectivity index (χ1v) is 6.05. The molecule has 0 aromatic carbocycles. The molecule has 0 aromatic rings. The topological polar surface area (TPSA) is 32.3 Å². The molecule has 1 aliphatic heterocycles. The molecular weight excluding hydrogens is 188 g/mol. The highest BCUT2D eigenvalue weighted by atomic mass is 16.2. The Morgan fingerprint density at radius 1 is 1.53 bits per heavy atom. The molecule has 0 spiro atoms. The van der Waals surface area contributed by atoms with Crippen LogP contribution in [-0.4, -0.2) is 36.5 Å². The van der Waals surface area contributed by atoms with Crippen LogP contribution in [-0.2, 0) is 4.79 Å². The summed E-state index contributed by atoms with van der Waals surface area (Å²) in [5, 5.41) is 3.00. The number of amides is 1. The van der Waals surface area contributed by atoms with Gasteiger partial charge in [0.1, 0.15) is 0 Å². The van der Waals surface area contributed by atoms with Crippen molar-refractivity contribution in [3.63, 3.8) is 0 Å². The number of carbonyl (C=O) groups is 1. The van der Waals surface area contributed by atoms with E-state index in [0.29, 0.717) is 5.92 Å². The molecule has 0 saturated carbocycles. The van der Waals surface area contributed by atoms with Crippen LogP contribution in [0.3, 0.4) is 0 Å². The molecule has 0 radical (unpaired) electrons. The van der Waals surface area contributed by atoms with Crippen molar-refractivity contribution in [3.05, 3.63) is 0 Å². The smallest absolute Gasteiger partial charge is 0.237 e. The maximum Gasteiger partial charge on any atom is 0.237 e. The molecule has 0 aromatic heterocycles. The standard InChI is InChI=1S/C12H24N2O/c1-5-6-10-7-11(14(4)8-10)12(15)13-9(2)3/h9-11H,5-8H2,1-4H3,(H,13,15). The highest BCUT2D eigenvalue weighted by Gasteiger charge is 2.33. The minimum absolute atomic E-state index is 0.101. The molecule has 0 bridgehead atoms. The van der Waals surface area contributed by atoms with Crippen molar-refractivity contribution in [1.29, 1.82) is 0 Å². The summed E-state index contributed by atoms with van der Waals surface area (Å²) in [5.41, 5.74) is 0. The molecule has 3 heteroatoms. The average molecular weight is 212 g/mol. The maximum atomic E-state index is 11.9. The van der Waals surface area contributed by atoms with E-state index in [1.54, 1.807) is 0 Å². The van der Waals surface area contributed by atoms with Gasteiger partial charge in [-0.25, -0.2) is 0 Å². The third-order valence-electron chi connectivity index (χ3n) is 3.07. The number of nitrogens with zero attached hydrogens (tertiary/aromatic N) is 1.